The van der Waals surface area contributed by atoms with E-state index in [0.29, 0.717) is 5.56 Å². The molecule has 4 nitrogen and oxygen atoms in total. The number of ether oxygens (including phenoxy) is 1. The average molecular weight is 383 g/mol. The predicted octanol–water partition coefficient (Wildman–Crippen LogP) is 5.35. The summed E-state index contributed by atoms with van der Waals surface area (Å²) in [5.74, 6) is -0.860. The number of esters is 1. The Hall–Kier alpha value is -3.66. The molecule has 4 heteroatoms. The number of nitrogens with one attached hydrogen (secondary N) is 1. The van der Waals surface area contributed by atoms with E-state index in [1.165, 1.54) is 0 Å². The summed E-state index contributed by atoms with van der Waals surface area (Å²) in [5.41, 5.74) is 2.26. The fraction of sp³-hybridized carbons (Fsp3) is 0.120. The molecule has 1 N–H and O–H groups in total. The maximum Gasteiger partial charge on any atom is 0.339 e. The lowest BCUT2D eigenvalue weighted by Crippen LogP contribution is -2.21. The van der Waals surface area contributed by atoms with E-state index in [4.69, 9.17) is 4.74 Å². The fourth-order valence-electron chi connectivity index (χ4n) is 3.57. The van der Waals surface area contributed by atoms with Gasteiger partial charge in [0.2, 0.25) is 0 Å². The van der Waals surface area contributed by atoms with Gasteiger partial charge in [0.15, 0.2) is 6.61 Å². The second-order valence-electron chi connectivity index (χ2n) is 6.83. The quantitative estimate of drug-likeness (QED) is 0.373. The van der Waals surface area contributed by atoms with Crippen molar-refractivity contribution in [1.29, 1.82) is 0 Å². The standard InChI is InChI=1S/C25H21NO3/c1-2-17-9-5-8-14-22(17)26-23(27)16-29-25(28)24-20-12-6-3-10-18(20)15-19-11-4-7-13-21(19)24/h3-15H,2,16H2,1H3,(H,26,27). The Bertz CT molecular complexity index is 1160. The average Bonchev–Trinajstić information content (AvgIpc) is 2.76. The highest BCUT2D eigenvalue weighted by Gasteiger charge is 2.17. The number of rotatable bonds is 5. The Kier molecular flexibility index (Phi) is 5.25. The Morgan fingerprint density at radius 3 is 2.07 bits per heavy atom. The molecule has 0 aromatic heterocycles. The molecule has 0 aliphatic heterocycles. The number of para-hydroxylation sites is 1. The van der Waals surface area contributed by atoms with Gasteiger partial charge in [-0.2, -0.15) is 0 Å². The molecule has 0 bridgehead atoms. The fourth-order valence-corrected chi connectivity index (χ4v) is 3.57. The van der Waals surface area contributed by atoms with Gasteiger partial charge in [0.25, 0.3) is 5.91 Å². The Balaban J connectivity index is 1.58. The summed E-state index contributed by atoms with van der Waals surface area (Å²) in [6, 6.07) is 25.0. The van der Waals surface area contributed by atoms with Crippen LogP contribution in [-0.2, 0) is 16.0 Å². The molecule has 4 rings (SSSR count). The van der Waals surface area contributed by atoms with Crippen molar-refractivity contribution >= 4 is 39.1 Å². The van der Waals surface area contributed by atoms with E-state index in [1.807, 2.05) is 79.7 Å². The Labute approximate surface area is 169 Å². The third-order valence-corrected chi connectivity index (χ3v) is 4.98. The lowest BCUT2D eigenvalue weighted by atomic mass is 9.97. The van der Waals surface area contributed by atoms with E-state index in [9.17, 15) is 9.59 Å². The Morgan fingerprint density at radius 2 is 1.41 bits per heavy atom. The number of hydrogen-bond donors (Lipinski definition) is 1. The van der Waals surface area contributed by atoms with Crippen molar-refractivity contribution in [3.05, 3.63) is 90.0 Å². The molecule has 4 aromatic rings. The molecular formula is C25H21NO3. The summed E-state index contributed by atoms with van der Waals surface area (Å²) in [7, 11) is 0. The maximum absolute atomic E-state index is 13.0. The highest BCUT2D eigenvalue weighted by molar-refractivity contribution is 6.16. The molecule has 0 heterocycles. The van der Waals surface area contributed by atoms with Crippen molar-refractivity contribution in [1.82, 2.24) is 0 Å². The summed E-state index contributed by atoms with van der Waals surface area (Å²) in [5, 5.41) is 6.37. The van der Waals surface area contributed by atoms with Gasteiger partial charge in [0.05, 0.1) is 5.56 Å². The van der Waals surface area contributed by atoms with Crippen molar-refractivity contribution < 1.29 is 14.3 Å². The molecule has 0 aliphatic carbocycles. The zero-order valence-electron chi connectivity index (χ0n) is 16.1. The molecule has 1 amide bonds. The first-order valence-corrected chi connectivity index (χ1v) is 9.62. The smallest absolute Gasteiger partial charge is 0.339 e. The number of benzene rings is 4. The maximum atomic E-state index is 13.0. The molecule has 29 heavy (non-hydrogen) atoms. The van der Waals surface area contributed by atoms with E-state index in [0.717, 1.165) is 39.2 Å². The van der Waals surface area contributed by atoms with Crippen LogP contribution in [0.5, 0.6) is 0 Å². The number of hydrogen-bond acceptors (Lipinski definition) is 3. The number of fused-ring (bicyclic) bond motifs is 2. The molecule has 0 unspecified atom stereocenters. The molecule has 0 fully saturated rings. The van der Waals surface area contributed by atoms with Gasteiger partial charge in [-0.05, 0) is 45.7 Å². The third kappa shape index (κ3) is 3.83. The van der Waals surface area contributed by atoms with Gasteiger partial charge in [-0.3, -0.25) is 4.79 Å². The summed E-state index contributed by atoms with van der Waals surface area (Å²) in [4.78, 5) is 25.3. The molecular weight excluding hydrogens is 362 g/mol. The SMILES string of the molecule is CCc1ccccc1NC(=O)COC(=O)c1c2ccccc2cc2ccccc12. The van der Waals surface area contributed by atoms with Crippen molar-refractivity contribution in [2.45, 2.75) is 13.3 Å². The van der Waals surface area contributed by atoms with Gasteiger partial charge in [0.1, 0.15) is 0 Å². The second kappa shape index (κ2) is 8.15. The lowest BCUT2D eigenvalue weighted by Gasteiger charge is -2.12. The minimum absolute atomic E-state index is 0.339. The van der Waals surface area contributed by atoms with Crippen LogP contribution in [0.4, 0.5) is 5.69 Å². The van der Waals surface area contributed by atoms with Crippen molar-refractivity contribution in [3.63, 3.8) is 0 Å². The highest BCUT2D eigenvalue weighted by Crippen LogP contribution is 2.29. The van der Waals surface area contributed by atoms with Crippen molar-refractivity contribution in [3.8, 4) is 0 Å². The van der Waals surface area contributed by atoms with Crippen molar-refractivity contribution in [2.24, 2.45) is 0 Å². The lowest BCUT2D eigenvalue weighted by molar-refractivity contribution is -0.119. The van der Waals surface area contributed by atoms with Crippen LogP contribution in [0.15, 0.2) is 78.9 Å². The van der Waals surface area contributed by atoms with Crippen LogP contribution in [0.25, 0.3) is 21.5 Å². The molecule has 4 aromatic carbocycles. The van der Waals surface area contributed by atoms with Gasteiger partial charge in [-0.25, -0.2) is 4.79 Å². The normalized spacial score (nSPS) is 10.8. The van der Waals surface area contributed by atoms with Crippen LogP contribution in [-0.4, -0.2) is 18.5 Å². The first kappa shape index (κ1) is 18.7. The topological polar surface area (TPSA) is 55.4 Å². The summed E-state index contributed by atoms with van der Waals surface area (Å²) >= 11 is 0. The summed E-state index contributed by atoms with van der Waals surface area (Å²) in [6.45, 7) is 1.69. The molecule has 144 valence electrons. The minimum atomic E-state index is -0.503. The highest BCUT2D eigenvalue weighted by atomic mass is 16.5. The predicted molar refractivity (Wildman–Crippen MR) is 116 cm³/mol. The largest absolute Gasteiger partial charge is 0.452 e. The van der Waals surface area contributed by atoms with Crippen LogP contribution in [0, 0.1) is 0 Å². The second-order valence-corrected chi connectivity index (χ2v) is 6.83. The number of amides is 1. The van der Waals surface area contributed by atoms with Crippen LogP contribution in [0.1, 0.15) is 22.8 Å². The number of anilines is 1. The van der Waals surface area contributed by atoms with Gasteiger partial charge in [0, 0.05) is 5.69 Å². The van der Waals surface area contributed by atoms with E-state index in [1.54, 1.807) is 0 Å². The van der Waals surface area contributed by atoms with Crippen LogP contribution < -0.4 is 5.32 Å². The zero-order chi connectivity index (χ0) is 20.2. The van der Waals surface area contributed by atoms with Gasteiger partial charge in [-0.15, -0.1) is 0 Å². The van der Waals surface area contributed by atoms with E-state index in [-0.39, 0.29) is 12.5 Å². The first-order chi connectivity index (χ1) is 14.2. The molecule has 0 aliphatic rings. The minimum Gasteiger partial charge on any atom is -0.452 e. The van der Waals surface area contributed by atoms with E-state index >= 15 is 0 Å². The van der Waals surface area contributed by atoms with E-state index in [2.05, 4.69) is 11.4 Å². The van der Waals surface area contributed by atoms with Crippen molar-refractivity contribution in [2.75, 3.05) is 11.9 Å². The van der Waals surface area contributed by atoms with E-state index < -0.39 is 5.97 Å². The Morgan fingerprint density at radius 1 is 0.828 bits per heavy atom. The van der Waals surface area contributed by atoms with Gasteiger partial charge in [-0.1, -0.05) is 73.7 Å². The van der Waals surface area contributed by atoms with Gasteiger partial charge >= 0.3 is 5.97 Å². The number of aryl methyl sites for hydroxylation is 1. The molecule has 0 saturated heterocycles. The molecule has 0 atom stereocenters. The third-order valence-electron chi connectivity index (χ3n) is 4.98. The molecule has 0 spiro atoms. The zero-order valence-corrected chi connectivity index (χ0v) is 16.1. The van der Waals surface area contributed by atoms with Crippen LogP contribution >= 0.6 is 0 Å². The molecule has 0 saturated carbocycles. The summed E-state index contributed by atoms with van der Waals surface area (Å²) in [6.07, 6.45) is 0.804. The number of carbonyl (C=O) groups excluding carboxylic acids is 2. The van der Waals surface area contributed by atoms with Crippen LogP contribution in [0.2, 0.25) is 0 Å². The first-order valence-electron chi connectivity index (χ1n) is 9.62. The summed E-state index contributed by atoms with van der Waals surface area (Å²) < 4.78 is 5.40. The monoisotopic (exact) mass is 383 g/mol. The molecule has 0 radical (unpaired) electrons. The number of carbonyl (C=O) groups is 2. The van der Waals surface area contributed by atoms with Crippen LogP contribution in [0.3, 0.4) is 0 Å². The van der Waals surface area contributed by atoms with Gasteiger partial charge < -0.3 is 10.1 Å².